The van der Waals surface area contributed by atoms with Crippen molar-refractivity contribution in [1.29, 1.82) is 0 Å². The minimum atomic E-state index is -0.491. The van der Waals surface area contributed by atoms with E-state index in [2.05, 4.69) is 30.9 Å². The third-order valence-corrected chi connectivity index (χ3v) is 7.86. The number of nitrogens with zero attached hydrogens (tertiary/aromatic N) is 4. The molecule has 4 rings (SSSR count). The van der Waals surface area contributed by atoms with Crippen molar-refractivity contribution in [3.8, 4) is 5.75 Å². The lowest BCUT2D eigenvalue weighted by atomic mass is 10.1. The zero-order valence-corrected chi connectivity index (χ0v) is 27.8. The number of rotatable bonds is 21. The number of hydrogen-bond acceptors (Lipinski definition) is 13. The molecule has 2 aromatic rings. The third-order valence-electron chi connectivity index (χ3n) is 7.86. The van der Waals surface area contributed by atoms with Crippen LogP contribution in [-0.2, 0) is 23.7 Å². The predicted molar refractivity (Wildman–Crippen MR) is 179 cm³/mol. The molecule has 1 aliphatic heterocycles. The molecule has 266 valence electrons. The number of nitrogens with one attached hydrogen (secondary N) is 3. The Morgan fingerprint density at radius 1 is 0.854 bits per heavy atom. The highest BCUT2D eigenvalue weighted by atomic mass is 19.1. The monoisotopic (exact) mass is 675 g/mol. The van der Waals surface area contributed by atoms with Gasteiger partial charge in [-0.1, -0.05) is 25.7 Å². The average Bonchev–Trinajstić information content (AvgIpc) is 3.36. The fourth-order valence-corrected chi connectivity index (χ4v) is 5.32. The lowest BCUT2D eigenvalue weighted by Crippen LogP contribution is -2.35. The van der Waals surface area contributed by atoms with E-state index in [1.165, 1.54) is 26.0 Å². The molecule has 4 N–H and O–H groups in total. The van der Waals surface area contributed by atoms with E-state index in [9.17, 15) is 9.18 Å². The van der Waals surface area contributed by atoms with Crippen molar-refractivity contribution < 1.29 is 38.0 Å². The first-order valence-corrected chi connectivity index (χ1v) is 16.8. The number of halogens is 1. The number of aliphatic hydroxyl groups is 1. The minimum Gasteiger partial charge on any atom is -0.494 e. The van der Waals surface area contributed by atoms with E-state index in [1.807, 2.05) is 6.08 Å². The van der Waals surface area contributed by atoms with Crippen LogP contribution in [0.2, 0.25) is 0 Å². The molecule has 0 bridgehead atoms. The number of aromatic nitrogens is 3. The Balaban J connectivity index is 1.22. The highest BCUT2D eigenvalue weighted by Crippen LogP contribution is 2.25. The number of aliphatic hydroxyl groups excluding tert-OH is 1. The molecule has 1 aliphatic carbocycles. The highest BCUT2D eigenvalue weighted by molar-refractivity contribution is 5.77. The van der Waals surface area contributed by atoms with Gasteiger partial charge >= 0.3 is 0 Å². The van der Waals surface area contributed by atoms with Gasteiger partial charge in [0, 0.05) is 30.5 Å². The number of anilines is 4. The van der Waals surface area contributed by atoms with Crippen molar-refractivity contribution in [3.63, 3.8) is 0 Å². The topological polar surface area (TPSA) is 161 Å². The summed E-state index contributed by atoms with van der Waals surface area (Å²) in [6.07, 6.45) is 11.5. The molecule has 2 heterocycles. The van der Waals surface area contributed by atoms with Gasteiger partial charge in [-0.2, -0.15) is 15.0 Å². The zero-order valence-electron chi connectivity index (χ0n) is 27.8. The maximum atomic E-state index is 14.4. The van der Waals surface area contributed by atoms with Crippen LogP contribution >= 0.6 is 0 Å². The van der Waals surface area contributed by atoms with Gasteiger partial charge in [0.25, 0.3) is 0 Å². The molecule has 48 heavy (non-hydrogen) atoms. The van der Waals surface area contributed by atoms with Crippen molar-refractivity contribution in [2.45, 2.75) is 63.5 Å². The highest BCUT2D eigenvalue weighted by Gasteiger charge is 2.20. The Morgan fingerprint density at radius 2 is 1.48 bits per heavy atom. The number of ether oxygens (including phenoxy) is 5. The molecule has 1 aromatic heterocycles. The second-order valence-corrected chi connectivity index (χ2v) is 11.5. The normalized spacial score (nSPS) is 16.8. The Labute approximate surface area is 281 Å². The summed E-state index contributed by atoms with van der Waals surface area (Å²) in [5.41, 5.74) is 0.483. The van der Waals surface area contributed by atoms with E-state index in [-0.39, 0.29) is 42.7 Å². The molecule has 1 unspecified atom stereocenters. The van der Waals surface area contributed by atoms with Gasteiger partial charge < -0.3 is 49.6 Å². The van der Waals surface area contributed by atoms with Crippen LogP contribution in [0.3, 0.4) is 0 Å². The first-order chi connectivity index (χ1) is 23.5. The van der Waals surface area contributed by atoms with Crippen LogP contribution in [0.5, 0.6) is 5.75 Å². The van der Waals surface area contributed by atoms with Crippen molar-refractivity contribution in [1.82, 2.24) is 19.9 Å². The number of amides is 1. The summed E-state index contributed by atoms with van der Waals surface area (Å²) in [7, 11) is 1.42. The molecule has 1 amide bonds. The van der Waals surface area contributed by atoms with Gasteiger partial charge in [-0.05, 0) is 37.5 Å². The molecule has 2 aliphatic rings. The van der Waals surface area contributed by atoms with E-state index in [0.29, 0.717) is 83.4 Å². The predicted octanol–water partition coefficient (Wildman–Crippen LogP) is 3.87. The van der Waals surface area contributed by atoms with Gasteiger partial charge in [0.15, 0.2) is 11.6 Å². The fraction of sp³-hybridized carbons (Fsp3) is 0.636. The molecule has 1 saturated carbocycles. The number of carbonyl (C=O) groups excluding carboxylic acids is 1. The van der Waals surface area contributed by atoms with Gasteiger partial charge in [0.1, 0.15) is 0 Å². The van der Waals surface area contributed by atoms with Crippen LogP contribution in [0.4, 0.5) is 27.9 Å². The minimum absolute atomic E-state index is 0.00204. The lowest BCUT2D eigenvalue weighted by molar-refractivity contribution is -0.130. The van der Waals surface area contributed by atoms with Crippen LogP contribution in [0.25, 0.3) is 0 Å². The van der Waals surface area contributed by atoms with E-state index >= 15 is 0 Å². The summed E-state index contributed by atoms with van der Waals surface area (Å²) in [6, 6.07) is 4.75. The molecule has 0 radical (unpaired) electrons. The van der Waals surface area contributed by atoms with Crippen LogP contribution in [0.1, 0.15) is 51.4 Å². The summed E-state index contributed by atoms with van der Waals surface area (Å²) < 4.78 is 40.9. The van der Waals surface area contributed by atoms with E-state index in [0.717, 1.165) is 25.7 Å². The standard InChI is InChI=1S/C33H50FN7O7/c1-44-29-9-8-27(24-28(29)34)37-33-39-31(35-25-6-4-2-3-5-7-25)38-32(40-33)36-26-10-13-41(14-11-26)30(43)12-16-45-18-20-47-22-23-48-21-19-46-17-15-42/h8-10,13,24-26,42H,2-7,11-12,14-23H2,1H3,(H3,35,36,37,38,39,40). The first kappa shape index (κ1) is 37.2. The molecule has 1 atom stereocenters. The first-order valence-electron chi connectivity index (χ1n) is 16.8. The van der Waals surface area contributed by atoms with Gasteiger partial charge in [-0.3, -0.25) is 4.79 Å². The second kappa shape index (κ2) is 21.4. The Bertz CT molecular complexity index is 1270. The van der Waals surface area contributed by atoms with Crippen molar-refractivity contribution in [2.24, 2.45) is 0 Å². The maximum Gasteiger partial charge on any atom is 0.233 e. The molecular weight excluding hydrogens is 625 g/mol. The summed E-state index contributed by atoms with van der Waals surface area (Å²) >= 11 is 0. The number of hydrogen-bond donors (Lipinski definition) is 4. The fourth-order valence-electron chi connectivity index (χ4n) is 5.32. The van der Waals surface area contributed by atoms with Crippen LogP contribution in [0, 0.1) is 5.82 Å². The smallest absolute Gasteiger partial charge is 0.233 e. The van der Waals surface area contributed by atoms with Crippen molar-refractivity contribution in [3.05, 3.63) is 36.3 Å². The van der Waals surface area contributed by atoms with Gasteiger partial charge in [0.05, 0.1) is 79.0 Å². The quantitative estimate of drug-likeness (QED) is 0.112. The van der Waals surface area contributed by atoms with Crippen LogP contribution in [-0.4, -0.2) is 116 Å². The number of benzene rings is 1. The summed E-state index contributed by atoms with van der Waals surface area (Å²) in [6.45, 7) is 3.75. The Morgan fingerprint density at radius 3 is 2.08 bits per heavy atom. The largest absolute Gasteiger partial charge is 0.494 e. The summed E-state index contributed by atoms with van der Waals surface area (Å²) in [5, 5.41) is 18.6. The third kappa shape index (κ3) is 13.5. The second-order valence-electron chi connectivity index (χ2n) is 11.5. The van der Waals surface area contributed by atoms with Crippen molar-refractivity contribution in [2.75, 3.05) is 89.1 Å². The van der Waals surface area contributed by atoms with E-state index in [1.54, 1.807) is 23.2 Å². The summed E-state index contributed by atoms with van der Waals surface area (Å²) in [5.74, 6) is 0.752. The number of methoxy groups -OCH3 is 1. The van der Waals surface area contributed by atoms with E-state index in [4.69, 9.17) is 28.8 Å². The molecule has 15 heteroatoms. The van der Waals surface area contributed by atoms with Gasteiger partial charge in [-0.25, -0.2) is 4.39 Å². The molecule has 0 spiro atoms. The summed E-state index contributed by atoms with van der Waals surface area (Å²) in [4.78, 5) is 28.2. The van der Waals surface area contributed by atoms with Crippen LogP contribution in [0.15, 0.2) is 30.5 Å². The lowest BCUT2D eigenvalue weighted by Gasteiger charge is -2.27. The SMILES string of the molecule is COc1ccc(Nc2nc(NC3C=CN(C(=O)CCOCCOCCOCCOCCO)CC3)nc(NC3CCCCCC3)n2)cc1F. The maximum absolute atomic E-state index is 14.4. The van der Waals surface area contributed by atoms with Crippen LogP contribution < -0.4 is 20.7 Å². The van der Waals surface area contributed by atoms with Gasteiger partial charge in [-0.15, -0.1) is 0 Å². The average molecular weight is 676 g/mol. The Hall–Kier alpha value is -3.63. The molecule has 1 fully saturated rings. The number of carbonyl (C=O) groups is 1. The molecular formula is C33H50FN7O7. The molecule has 0 saturated heterocycles. The Kier molecular flexibility index (Phi) is 16.6. The zero-order chi connectivity index (χ0) is 33.8. The molecule has 14 nitrogen and oxygen atoms in total. The van der Waals surface area contributed by atoms with E-state index < -0.39 is 5.82 Å². The molecule has 1 aromatic carbocycles. The van der Waals surface area contributed by atoms with Crippen molar-refractivity contribution >= 4 is 29.4 Å². The van der Waals surface area contributed by atoms with Gasteiger partial charge in [0.2, 0.25) is 23.8 Å².